The van der Waals surface area contributed by atoms with Gasteiger partial charge < -0.3 is 5.32 Å². The highest BCUT2D eigenvalue weighted by Crippen LogP contribution is 2.29. The molecule has 0 heterocycles. The molecule has 0 aliphatic heterocycles. The van der Waals surface area contributed by atoms with Crippen molar-refractivity contribution in [1.82, 2.24) is 10.0 Å². The maximum absolute atomic E-state index is 12.0. The van der Waals surface area contributed by atoms with Crippen LogP contribution < -0.4 is 10.0 Å². The van der Waals surface area contributed by atoms with Crippen molar-refractivity contribution >= 4 is 10.0 Å². The molecule has 1 saturated carbocycles. The van der Waals surface area contributed by atoms with E-state index in [1.54, 1.807) is 0 Å². The molecule has 2 N–H and O–H groups in total. The molecular weight excluding hydrogens is 248 g/mol. The highest BCUT2D eigenvalue weighted by Gasteiger charge is 2.29. The molecule has 0 radical (unpaired) electrons. The van der Waals surface area contributed by atoms with Crippen molar-refractivity contribution in [3.63, 3.8) is 0 Å². The molecule has 0 amide bonds. The lowest BCUT2D eigenvalue weighted by Crippen LogP contribution is -2.45. The minimum Gasteiger partial charge on any atom is -0.316 e. The van der Waals surface area contributed by atoms with Gasteiger partial charge in [0.1, 0.15) is 0 Å². The summed E-state index contributed by atoms with van der Waals surface area (Å²) in [5.74, 6) is 1.24. The van der Waals surface area contributed by atoms with Gasteiger partial charge in [0.25, 0.3) is 0 Å². The lowest BCUT2D eigenvalue weighted by molar-refractivity contribution is 0.227. The minimum atomic E-state index is -3.13. The van der Waals surface area contributed by atoms with E-state index in [1.165, 1.54) is 6.42 Å². The van der Waals surface area contributed by atoms with Crippen molar-refractivity contribution < 1.29 is 8.42 Å². The fourth-order valence-corrected chi connectivity index (χ4v) is 3.87. The Hall–Kier alpha value is -0.130. The minimum absolute atomic E-state index is 0.130. The summed E-state index contributed by atoms with van der Waals surface area (Å²) in [7, 11) is -3.13. The Labute approximate surface area is 112 Å². The molecular formula is C13H28N2O2S. The normalized spacial score (nSPS) is 29.4. The van der Waals surface area contributed by atoms with E-state index < -0.39 is 10.0 Å². The molecule has 0 aromatic rings. The molecule has 0 aromatic carbocycles. The van der Waals surface area contributed by atoms with Crippen molar-refractivity contribution in [2.45, 2.75) is 52.5 Å². The topological polar surface area (TPSA) is 58.2 Å². The first-order chi connectivity index (χ1) is 8.46. The van der Waals surface area contributed by atoms with Gasteiger partial charge in [-0.2, -0.15) is 0 Å². The summed E-state index contributed by atoms with van der Waals surface area (Å²) >= 11 is 0. The average molecular weight is 276 g/mol. The quantitative estimate of drug-likeness (QED) is 0.696. The van der Waals surface area contributed by atoms with Crippen molar-refractivity contribution in [2.75, 3.05) is 18.8 Å². The van der Waals surface area contributed by atoms with Gasteiger partial charge >= 0.3 is 0 Å². The zero-order chi connectivity index (χ0) is 13.6. The summed E-state index contributed by atoms with van der Waals surface area (Å²) < 4.78 is 26.8. The van der Waals surface area contributed by atoms with Crippen LogP contribution in [0.4, 0.5) is 0 Å². The Kier molecular flexibility index (Phi) is 6.60. The highest BCUT2D eigenvalue weighted by atomic mass is 32.2. The molecule has 1 rings (SSSR count). The predicted molar refractivity (Wildman–Crippen MR) is 76.1 cm³/mol. The molecule has 108 valence electrons. The van der Waals surface area contributed by atoms with Gasteiger partial charge in [-0.1, -0.05) is 33.6 Å². The molecule has 0 saturated heterocycles. The molecule has 3 unspecified atom stereocenters. The number of sulfonamides is 1. The average Bonchev–Trinajstić information content (AvgIpc) is 2.31. The van der Waals surface area contributed by atoms with Crippen LogP contribution >= 0.6 is 0 Å². The Morgan fingerprint density at radius 3 is 2.56 bits per heavy atom. The summed E-state index contributed by atoms with van der Waals surface area (Å²) in [6.45, 7) is 7.87. The van der Waals surface area contributed by atoms with Crippen LogP contribution in [0.1, 0.15) is 46.5 Å². The predicted octanol–water partition coefficient (Wildman–Crippen LogP) is 1.73. The van der Waals surface area contributed by atoms with Crippen LogP contribution in [0.3, 0.4) is 0 Å². The molecule has 0 spiro atoms. The Bertz CT molecular complexity index is 330. The lowest BCUT2D eigenvalue weighted by atomic mass is 9.78. The first-order valence-electron chi connectivity index (χ1n) is 7.17. The smallest absolute Gasteiger partial charge is 0.213 e. The fraction of sp³-hybridized carbons (Fsp3) is 1.00. The van der Waals surface area contributed by atoms with Crippen LogP contribution in [-0.4, -0.2) is 33.3 Å². The maximum atomic E-state index is 12.0. The Morgan fingerprint density at radius 2 is 1.89 bits per heavy atom. The summed E-state index contributed by atoms with van der Waals surface area (Å²) in [5.41, 5.74) is 0. The second kappa shape index (κ2) is 7.46. The van der Waals surface area contributed by atoms with Crippen LogP contribution in [0.25, 0.3) is 0 Å². The van der Waals surface area contributed by atoms with Gasteiger partial charge in [-0.25, -0.2) is 13.1 Å². The zero-order valence-corrected chi connectivity index (χ0v) is 12.7. The second-order valence-electron chi connectivity index (χ2n) is 5.56. The van der Waals surface area contributed by atoms with Crippen LogP contribution in [-0.2, 0) is 10.0 Å². The van der Waals surface area contributed by atoms with Gasteiger partial charge in [0, 0.05) is 12.6 Å². The van der Waals surface area contributed by atoms with Gasteiger partial charge in [-0.15, -0.1) is 0 Å². The molecule has 5 heteroatoms. The molecule has 18 heavy (non-hydrogen) atoms. The highest BCUT2D eigenvalue weighted by molar-refractivity contribution is 7.89. The van der Waals surface area contributed by atoms with Gasteiger partial charge in [0.15, 0.2) is 0 Å². The van der Waals surface area contributed by atoms with Crippen molar-refractivity contribution in [3.05, 3.63) is 0 Å². The SMILES string of the molecule is CCCNCCS(=O)(=O)NC1CCCC(C)C1C. The number of hydrogen-bond acceptors (Lipinski definition) is 3. The third kappa shape index (κ3) is 5.24. The fourth-order valence-electron chi connectivity index (χ4n) is 2.55. The third-order valence-electron chi connectivity index (χ3n) is 4.01. The van der Waals surface area contributed by atoms with Crippen LogP contribution in [0.15, 0.2) is 0 Å². The standard InChI is InChI=1S/C13H28N2O2S/c1-4-8-14-9-10-18(16,17)15-13-7-5-6-11(2)12(13)3/h11-15H,4-10H2,1-3H3. The second-order valence-corrected chi connectivity index (χ2v) is 7.43. The van der Waals surface area contributed by atoms with Gasteiger partial charge in [-0.05, 0) is 31.2 Å². The lowest BCUT2D eigenvalue weighted by Gasteiger charge is -2.34. The molecule has 0 aromatic heterocycles. The van der Waals surface area contributed by atoms with Crippen LogP contribution in [0.2, 0.25) is 0 Å². The van der Waals surface area contributed by atoms with Crippen LogP contribution in [0, 0.1) is 11.8 Å². The molecule has 1 aliphatic carbocycles. The molecule has 1 fully saturated rings. The molecule has 1 aliphatic rings. The molecule has 3 atom stereocenters. The van der Waals surface area contributed by atoms with Crippen molar-refractivity contribution in [1.29, 1.82) is 0 Å². The summed E-state index contributed by atoms with van der Waals surface area (Å²) in [4.78, 5) is 0. The number of nitrogens with one attached hydrogen (secondary N) is 2. The van der Waals surface area contributed by atoms with E-state index in [0.717, 1.165) is 25.8 Å². The van der Waals surface area contributed by atoms with E-state index in [9.17, 15) is 8.42 Å². The number of hydrogen-bond donors (Lipinski definition) is 2. The first-order valence-corrected chi connectivity index (χ1v) is 8.82. The van der Waals surface area contributed by atoms with E-state index in [0.29, 0.717) is 18.4 Å². The summed E-state index contributed by atoms with van der Waals surface area (Å²) in [6.07, 6.45) is 4.36. The van der Waals surface area contributed by atoms with E-state index in [-0.39, 0.29) is 11.8 Å². The Balaban J connectivity index is 2.39. The number of rotatable bonds is 7. The zero-order valence-electron chi connectivity index (χ0n) is 11.9. The van der Waals surface area contributed by atoms with Crippen molar-refractivity contribution in [2.24, 2.45) is 11.8 Å². The van der Waals surface area contributed by atoms with Crippen LogP contribution in [0.5, 0.6) is 0 Å². The van der Waals surface area contributed by atoms with Gasteiger partial charge in [0.05, 0.1) is 5.75 Å². The molecule has 4 nitrogen and oxygen atoms in total. The summed E-state index contributed by atoms with van der Waals surface area (Å²) in [5, 5.41) is 3.13. The first kappa shape index (κ1) is 15.9. The van der Waals surface area contributed by atoms with Gasteiger partial charge in [0.2, 0.25) is 10.0 Å². The largest absolute Gasteiger partial charge is 0.316 e. The third-order valence-corrected chi connectivity index (χ3v) is 5.42. The van der Waals surface area contributed by atoms with E-state index in [1.807, 2.05) is 0 Å². The molecule has 0 bridgehead atoms. The summed E-state index contributed by atoms with van der Waals surface area (Å²) in [6, 6.07) is 0.130. The van der Waals surface area contributed by atoms with E-state index >= 15 is 0 Å². The van der Waals surface area contributed by atoms with Crippen molar-refractivity contribution in [3.8, 4) is 0 Å². The van der Waals surface area contributed by atoms with E-state index in [2.05, 4.69) is 30.8 Å². The van der Waals surface area contributed by atoms with E-state index in [4.69, 9.17) is 0 Å². The van der Waals surface area contributed by atoms with Gasteiger partial charge in [-0.3, -0.25) is 0 Å². The maximum Gasteiger partial charge on any atom is 0.213 e. The monoisotopic (exact) mass is 276 g/mol. The Morgan fingerprint density at radius 1 is 1.17 bits per heavy atom.